The number of esters is 1. The van der Waals surface area contributed by atoms with Crippen molar-refractivity contribution in [3.05, 3.63) is 64.7 Å². The monoisotopic (exact) mass is 506 g/mol. The van der Waals surface area contributed by atoms with Crippen molar-refractivity contribution in [1.29, 1.82) is 5.26 Å². The maximum atomic E-state index is 13.2. The lowest BCUT2D eigenvalue weighted by molar-refractivity contribution is -0.151. The van der Waals surface area contributed by atoms with Gasteiger partial charge in [-0.25, -0.2) is 9.80 Å². The van der Waals surface area contributed by atoms with Crippen LogP contribution in [0.1, 0.15) is 37.3 Å². The zero-order valence-electron chi connectivity index (χ0n) is 18.7. The lowest BCUT2D eigenvalue weighted by atomic mass is 9.76. The van der Waals surface area contributed by atoms with Crippen LogP contribution in [0.25, 0.3) is 0 Å². The molecular weight excluding hydrogens is 485 g/mol. The molecule has 1 aliphatic rings. The van der Waals surface area contributed by atoms with Gasteiger partial charge in [0.15, 0.2) is 0 Å². The normalized spacial score (nSPS) is 17.5. The zero-order valence-corrected chi connectivity index (χ0v) is 19.5. The first-order chi connectivity index (χ1) is 16.6. The van der Waals surface area contributed by atoms with Gasteiger partial charge in [0.25, 0.3) is 0 Å². The molecule has 1 aliphatic heterocycles. The Labute approximate surface area is 205 Å². The second-order valence-corrected chi connectivity index (χ2v) is 8.27. The van der Waals surface area contributed by atoms with Crippen LogP contribution in [0.4, 0.5) is 23.7 Å². The van der Waals surface area contributed by atoms with Gasteiger partial charge in [0.05, 0.1) is 30.5 Å². The average molecular weight is 507 g/mol. The topological polar surface area (TPSA) is 94.8 Å². The van der Waals surface area contributed by atoms with Crippen molar-refractivity contribution in [2.45, 2.75) is 32.4 Å². The van der Waals surface area contributed by atoms with Gasteiger partial charge in [0.1, 0.15) is 5.41 Å². The van der Waals surface area contributed by atoms with Gasteiger partial charge in [0, 0.05) is 17.1 Å². The number of anilines is 1. The summed E-state index contributed by atoms with van der Waals surface area (Å²) in [6, 6.07) is 11.8. The van der Waals surface area contributed by atoms with Crippen LogP contribution < -0.4 is 5.32 Å². The molecule has 0 aliphatic carbocycles. The number of alkyl halides is 3. The molecule has 1 N–H and O–H groups in total. The first-order valence-electron chi connectivity index (χ1n) is 10.8. The molecule has 2 amide bonds. The summed E-state index contributed by atoms with van der Waals surface area (Å²) in [6.07, 6.45) is -3.76. The first-order valence-corrected chi connectivity index (χ1v) is 11.1. The standard InChI is InChI=1S/C24H22ClF3N4O3/c1-2-35-21(33)23(13-3-4-14-29)15-32(31-20(23)16-5-9-18(25)10-6-16)22(34)30-19-11-7-17(8-12-19)24(26,27)28/h5-12H,2-4,13,15H2,1H3,(H,30,34). The SMILES string of the molecule is CCOC(=O)C1(CCCC#N)CN(C(=O)Nc2ccc(C(F)(F)F)cc2)N=C1c1ccc(Cl)cc1. The molecule has 0 spiro atoms. The molecule has 1 atom stereocenters. The fourth-order valence-electron chi connectivity index (χ4n) is 3.77. The van der Waals surface area contributed by atoms with Gasteiger partial charge < -0.3 is 10.1 Å². The van der Waals surface area contributed by atoms with Crippen molar-refractivity contribution in [2.75, 3.05) is 18.5 Å². The van der Waals surface area contributed by atoms with Gasteiger partial charge in [0.2, 0.25) is 0 Å². The molecule has 11 heteroatoms. The zero-order chi connectivity index (χ0) is 25.6. The molecule has 0 fully saturated rings. The number of amides is 2. The maximum Gasteiger partial charge on any atom is 0.416 e. The van der Waals surface area contributed by atoms with Crippen molar-refractivity contribution >= 4 is 35.0 Å². The summed E-state index contributed by atoms with van der Waals surface area (Å²) >= 11 is 6.00. The van der Waals surface area contributed by atoms with Crippen molar-refractivity contribution in [3.8, 4) is 6.07 Å². The highest BCUT2D eigenvalue weighted by molar-refractivity contribution is 6.30. The minimum absolute atomic E-state index is 0.102. The lowest BCUT2D eigenvalue weighted by Crippen LogP contribution is -2.44. The Balaban J connectivity index is 1.94. The number of hydrazone groups is 1. The van der Waals surface area contributed by atoms with E-state index in [0.29, 0.717) is 17.0 Å². The average Bonchev–Trinajstić information content (AvgIpc) is 3.21. The lowest BCUT2D eigenvalue weighted by Gasteiger charge is -2.28. The van der Waals surface area contributed by atoms with E-state index in [2.05, 4.69) is 10.4 Å². The summed E-state index contributed by atoms with van der Waals surface area (Å²) < 4.78 is 43.8. The van der Waals surface area contributed by atoms with Gasteiger partial charge >= 0.3 is 18.2 Å². The molecule has 2 aromatic carbocycles. The van der Waals surface area contributed by atoms with Crippen LogP contribution in [0.15, 0.2) is 53.6 Å². The Morgan fingerprint density at radius 2 is 1.86 bits per heavy atom. The molecule has 7 nitrogen and oxygen atoms in total. The van der Waals surface area contributed by atoms with E-state index < -0.39 is 29.2 Å². The Morgan fingerprint density at radius 3 is 2.43 bits per heavy atom. The van der Waals surface area contributed by atoms with Gasteiger partial charge in [-0.1, -0.05) is 23.7 Å². The van der Waals surface area contributed by atoms with Crippen LogP contribution in [0.2, 0.25) is 5.02 Å². The molecule has 0 radical (unpaired) electrons. The third-order valence-electron chi connectivity index (χ3n) is 5.47. The van der Waals surface area contributed by atoms with Crippen LogP contribution >= 0.6 is 11.6 Å². The quantitative estimate of drug-likeness (QED) is 0.376. The van der Waals surface area contributed by atoms with Gasteiger partial charge in [-0.2, -0.15) is 23.5 Å². The van der Waals surface area contributed by atoms with Crippen LogP contribution in [0.3, 0.4) is 0 Å². The van der Waals surface area contributed by atoms with Crippen molar-refractivity contribution in [2.24, 2.45) is 10.5 Å². The number of nitriles is 1. The van der Waals surface area contributed by atoms with Crippen LogP contribution in [0, 0.1) is 16.7 Å². The number of carbonyl (C=O) groups excluding carboxylic acids is 2. The minimum Gasteiger partial charge on any atom is -0.465 e. The predicted octanol–water partition coefficient (Wildman–Crippen LogP) is 5.85. The van der Waals surface area contributed by atoms with Crippen LogP contribution in [0.5, 0.6) is 0 Å². The van der Waals surface area contributed by atoms with E-state index in [-0.39, 0.29) is 37.4 Å². The number of hydrogen-bond donors (Lipinski definition) is 1. The number of nitrogens with one attached hydrogen (secondary N) is 1. The van der Waals surface area contributed by atoms with E-state index in [9.17, 15) is 22.8 Å². The predicted molar refractivity (Wildman–Crippen MR) is 124 cm³/mol. The fraction of sp³-hybridized carbons (Fsp3) is 0.333. The van der Waals surface area contributed by atoms with Gasteiger partial charge in [-0.05, 0) is 61.7 Å². The van der Waals surface area contributed by atoms with Gasteiger partial charge in [-0.15, -0.1) is 0 Å². The molecule has 0 bridgehead atoms. The van der Waals surface area contributed by atoms with Gasteiger partial charge in [-0.3, -0.25) is 4.79 Å². The maximum absolute atomic E-state index is 13.2. The number of rotatable bonds is 7. The van der Waals surface area contributed by atoms with Crippen LogP contribution in [-0.4, -0.2) is 35.9 Å². The molecule has 184 valence electrons. The number of benzene rings is 2. The Kier molecular flexibility index (Phi) is 8.02. The molecule has 3 rings (SSSR count). The van der Waals surface area contributed by atoms with E-state index in [0.717, 1.165) is 29.3 Å². The number of hydrogen-bond acceptors (Lipinski definition) is 5. The first kappa shape index (κ1) is 26.0. The van der Waals surface area contributed by atoms with Crippen molar-refractivity contribution in [1.82, 2.24) is 5.01 Å². The Hall–Kier alpha value is -3.58. The third-order valence-corrected chi connectivity index (χ3v) is 5.72. The Bertz CT molecular complexity index is 1140. The number of ether oxygens (including phenoxy) is 1. The smallest absolute Gasteiger partial charge is 0.416 e. The van der Waals surface area contributed by atoms with E-state index >= 15 is 0 Å². The van der Waals surface area contributed by atoms with E-state index in [1.165, 1.54) is 0 Å². The number of nitrogens with zero attached hydrogens (tertiary/aromatic N) is 3. The molecule has 0 saturated heterocycles. The van der Waals surface area contributed by atoms with E-state index in [1.807, 2.05) is 6.07 Å². The summed E-state index contributed by atoms with van der Waals surface area (Å²) in [6.45, 7) is 1.59. The molecule has 1 unspecified atom stereocenters. The van der Waals surface area contributed by atoms with Crippen LogP contribution in [-0.2, 0) is 15.7 Å². The second-order valence-electron chi connectivity index (χ2n) is 7.83. The number of halogens is 4. The molecule has 2 aromatic rings. The third kappa shape index (κ3) is 5.92. The number of unbranched alkanes of at least 4 members (excludes halogenated alkanes) is 1. The fourth-order valence-corrected chi connectivity index (χ4v) is 3.90. The molecule has 35 heavy (non-hydrogen) atoms. The highest BCUT2D eigenvalue weighted by Gasteiger charge is 2.51. The summed E-state index contributed by atoms with van der Waals surface area (Å²) in [5.74, 6) is -0.587. The minimum atomic E-state index is -4.50. The van der Waals surface area contributed by atoms with Crippen molar-refractivity contribution in [3.63, 3.8) is 0 Å². The number of carbonyl (C=O) groups is 2. The highest BCUT2D eigenvalue weighted by Crippen LogP contribution is 2.38. The molecular formula is C24H22ClF3N4O3. The largest absolute Gasteiger partial charge is 0.465 e. The van der Waals surface area contributed by atoms with Crippen molar-refractivity contribution < 1.29 is 27.5 Å². The highest BCUT2D eigenvalue weighted by atomic mass is 35.5. The summed E-state index contributed by atoms with van der Waals surface area (Å²) in [4.78, 5) is 26.2. The van der Waals surface area contributed by atoms with E-state index in [1.54, 1.807) is 31.2 Å². The van der Waals surface area contributed by atoms with E-state index in [4.69, 9.17) is 21.6 Å². The molecule has 1 heterocycles. The molecule has 0 saturated carbocycles. The summed E-state index contributed by atoms with van der Waals surface area (Å²) in [5.41, 5.74) is -1.22. The molecule has 0 aromatic heterocycles. The summed E-state index contributed by atoms with van der Waals surface area (Å²) in [7, 11) is 0. The Morgan fingerprint density at radius 1 is 1.20 bits per heavy atom. The second kappa shape index (κ2) is 10.8. The summed E-state index contributed by atoms with van der Waals surface area (Å²) in [5, 5.41) is 17.4. The number of urea groups is 1.